The molecule has 164 valence electrons. The molecule has 0 radical (unpaired) electrons. The van der Waals surface area contributed by atoms with Gasteiger partial charge in [0, 0.05) is 39.2 Å². The van der Waals surface area contributed by atoms with Crippen molar-refractivity contribution < 1.29 is 13.2 Å². The first-order valence-corrected chi connectivity index (χ1v) is 11.4. The average Bonchev–Trinajstić information content (AvgIpc) is 2.96. The molecule has 4 aromatic rings. The summed E-state index contributed by atoms with van der Waals surface area (Å²) in [7, 11) is 0. The van der Waals surface area contributed by atoms with Gasteiger partial charge in [0.1, 0.15) is 5.82 Å². The van der Waals surface area contributed by atoms with E-state index in [0.717, 1.165) is 11.1 Å². The molecule has 0 fully saturated rings. The number of hydrogen-bond donors (Lipinski definition) is 2. The third kappa shape index (κ3) is 4.28. The molecule has 6 nitrogen and oxygen atoms in total. The van der Waals surface area contributed by atoms with Crippen molar-refractivity contribution in [3.63, 3.8) is 0 Å². The molecule has 3 aromatic carbocycles. The third-order valence-electron chi connectivity index (χ3n) is 5.20. The van der Waals surface area contributed by atoms with E-state index in [1.807, 2.05) is 6.07 Å². The van der Waals surface area contributed by atoms with Crippen LogP contribution in [0.2, 0.25) is 5.02 Å². The van der Waals surface area contributed by atoms with Gasteiger partial charge in [0.05, 0.1) is 22.8 Å². The Hall–Kier alpha value is -3.46. The summed E-state index contributed by atoms with van der Waals surface area (Å²) in [6.07, 6.45) is 1.69. The van der Waals surface area contributed by atoms with Crippen LogP contribution in [-0.2, 0) is 17.6 Å². The fourth-order valence-corrected chi connectivity index (χ4v) is 4.19. The summed E-state index contributed by atoms with van der Waals surface area (Å²) >= 11 is 4.25. The van der Waals surface area contributed by atoms with E-state index in [9.17, 15) is 13.2 Å². The fourth-order valence-electron chi connectivity index (χ4n) is 3.65. The van der Waals surface area contributed by atoms with Gasteiger partial charge in [0.2, 0.25) is 5.95 Å². The molecule has 0 saturated carbocycles. The van der Waals surface area contributed by atoms with E-state index in [2.05, 4.69) is 15.3 Å². The van der Waals surface area contributed by atoms with Crippen molar-refractivity contribution in [2.24, 2.45) is 4.99 Å². The predicted molar refractivity (Wildman–Crippen MR) is 127 cm³/mol. The highest BCUT2D eigenvalue weighted by molar-refractivity contribution is 7.79. The zero-order valence-electron chi connectivity index (χ0n) is 17.0. The molecule has 0 amide bonds. The van der Waals surface area contributed by atoms with Crippen LogP contribution in [0.25, 0.3) is 11.3 Å². The second kappa shape index (κ2) is 8.82. The Balaban J connectivity index is 1.57. The predicted octanol–water partition coefficient (Wildman–Crippen LogP) is 5.61. The molecular formula is C24H16ClFN4O2S. The van der Waals surface area contributed by atoms with Gasteiger partial charge in [-0.3, -0.25) is 4.99 Å². The molecule has 0 saturated heterocycles. The summed E-state index contributed by atoms with van der Waals surface area (Å²) in [6.45, 7) is 0.280. The van der Waals surface area contributed by atoms with Gasteiger partial charge in [-0.1, -0.05) is 29.8 Å². The van der Waals surface area contributed by atoms with Crippen LogP contribution < -0.4 is 5.32 Å². The lowest BCUT2D eigenvalue weighted by Gasteiger charge is -2.13. The maximum Gasteiger partial charge on any atom is 0.227 e. The highest BCUT2D eigenvalue weighted by Crippen LogP contribution is 2.34. The molecular weight excluding hydrogens is 463 g/mol. The van der Waals surface area contributed by atoms with Crippen LogP contribution in [0.5, 0.6) is 0 Å². The Bertz CT molecular complexity index is 1430. The zero-order valence-corrected chi connectivity index (χ0v) is 18.6. The van der Waals surface area contributed by atoms with Gasteiger partial charge < -0.3 is 9.87 Å². The summed E-state index contributed by atoms with van der Waals surface area (Å²) in [5, 5.41) is 3.62. The van der Waals surface area contributed by atoms with E-state index in [4.69, 9.17) is 16.6 Å². The van der Waals surface area contributed by atoms with Crippen LogP contribution in [0.3, 0.4) is 0 Å². The molecule has 0 bridgehead atoms. The smallest absolute Gasteiger partial charge is 0.227 e. The Morgan fingerprint density at radius 2 is 1.79 bits per heavy atom. The molecule has 33 heavy (non-hydrogen) atoms. The molecule has 2 heterocycles. The van der Waals surface area contributed by atoms with Crippen molar-refractivity contribution in [2.75, 3.05) is 5.32 Å². The maximum absolute atomic E-state index is 14.6. The van der Waals surface area contributed by atoms with E-state index < -0.39 is 11.1 Å². The summed E-state index contributed by atoms with van der Waals surface area (Å²) in [5.74, 6) is -0.0179. The molecule has 2 N–H and O–H groups in total. The second-order valence-electron chi connectivity index (χ2n) is 7.30. The summed E-state index contributed by atoms with van der Waals surface area (Å²) in [5.41, 5.74) is 4.48. The molecule has 0 aliphatic carbocycles. The van der Waals surface area contributed by atoms with Crippen LogP contribution in [0.15, 0.2) is 82.8 Å². The van der Waals surface area contributed by atoms with Crippen molar-refractivity contribution in [3.8, 4) is 11.3 Å². The number of nitrogens with one attached hydrogen (secondary N) is 1. The van der Waals surface area contributed by atoms with Crippen LogP contribution in [0.4, 0.5) is 16.0 Å². The van der Waals surface area contributed by atoms with Crippen LogP contribution in [-0.4, -0.2) is 24.4 Å². The van der Waals surface area contributed by atoms with Gasteiger partial charge in [-0.2, -0.15) is 0 Å². The van der Waals surface area contributed by atoms with Crippen molar-refractivity contribution in [2.45, 2.75) is 11.4 Å². The fraction of sp³-hybridized carbons (Fsp3) is 0.0417. The maximum atomic E-state index is 14.6. The van der Waals surface area contributed by atoms with Gasteiger partial charge in [-0.05, 0) is 48.5 Å². The molecule has 1 aliphatic heterocycles. The van der Waals surface area contributed by atoms with E-state index in [-0.39, 0.29) is 12.4 Å². The number of fused-ring (bicyclic) bond motifs is 3. The van der Waals surface area contributed by atoms with Gasteiger partial charge in [-0.25, -0.2) is 18.6 Å². The van der Waals surface area contributed by atoms with Crippen molar-refractivity contribution in [1.29, 1.82) is 0 Å². The van der Waals surface area contributed by atoms with Gasteiger partial charge >= 0.3 is 0 Å². The molecule has 5 rings (SSSR count). The van der Waals surface area contributed by atoms with Gasteiger partial charge in [0.25, 0.3) is 0 Å². The number of halogens is 2. The zero-order chi connectivity index (χ0) is 22.9. The third-order valence-corrected chi connectivity index (χ3v) is 6.12. The number of benzene rings is 3. The Morgan fingerprint density at radius 1 is 1.00 bits per heavy atom. The Morgan fingerprint density at radius 3 is 2.55 bits per heavy atom. The van der Waals surface area contributed by atoms with Crippen LogP contribution >= 0.6 is 11.6 Å². The number of nitrogens with zero attached hydrogens (tertiary/aromatic N) is 3. The lowest BCUT2D eigenvalue weighted by atomic mass is 9.95. The summed E-state index contributed by atoms with van der Waals surface area (Å²) < 4.78 is 35.0. The van der Waals surface area contributed by atoms with Gasteiger partial charge in [0.15, 0.2) is 11.1 Å². The van der Waals surface area contributed by atoms with E-state index in [1.54, 1.807) is 60.8 Å². The molecule has 1 aliphatic rings. The topological polar surface area (TPSA) is 87.5 Å². The lowest BCUT2D eigenvalue weighted by molar-refractivity contribution is 0.564. The van der Waals surface area contributed by atoms with Crippen LogP contribution in [0, 0.1) is 5.82 Å². The SMILES string of the molecule is O=S(O)c1ccc(Nc2ncc3c(n2)-c2ccc(Cl)cc2C(c2ccccc2F)=NC3)cc1. The van der Waals surface area contributed by atoms with Crippen molar-refractivity contribution in [1.82, 2.24) is 9.97 Å². The first kappa shape index (κ1) is 21.4. The van der Waals surface area contributed by atoms with Crippen LogP contribution in [0.1, 0.15) is 16.7 Å². The van der Waals surface area contributed by atoms with Crippen molar-refractivity contribution >= 4 is 40.0 Å². The van der Waals surface area contributed by atoms with E-state index >= 15 is 0 Å². The number of anilines is 2. The average molecular weight is 479 g/mol. The molecule has 1 atom stereocenters. The standard InChI is InChI=1S/C24H16ClFN4O2S/c25-15-5-10-18-20(11-15)23(19-3-1-2-4-21(19)26)27-12-14-13-28-24(30-22(14)18)29-16-6-8-17(9-7-16)33(31)32/h1-11,13H,12H2,(H,31,32)(H,28,29,30). The minimum absolute atomic E-state index is 0.280. The summed E-state index contributed by atoms with van der Waals surface area (Å²) in [4.78, 5) is 14.1. The largest absolute Gasteiger partial charge is 0.324 e. The number of rotatable bonds is 4. The second-order valence-corrected chi connectivity index (χ2v) is 8.71. The molecule has 1 unspecified atom stereocenters. The normalized spacial score (nSPS) is 13.4. The van der Waals surface area contributed by atoms with E-state index in [0.29, 0.717) is 44.1 Å². The monoisotopic (exact) mass is 478 g/mol. The number of aliphatic imine (C=N–C) groups is 1. The first-order chi connectivity index (χ1) is 16.0. The highest BCUT2D eigenvalue weighted by atomic mass is 35.5. The number of aromatic nitrogens is 2. The quantitative estimate of drug-likeness (QED) is 0.372. The Labute approximate surface area is 196 Å². The number of hydrogen-bond acceptors (Lipinski definition) is 5. The minimum atomic E-state index is -2.04. The Kier molecular flexibility index (Phi) is 5.72. The van der Waals surface area contributed by atoms with E-state index in [1.165, 1.54) is 6.07 Å². The first-order valence-electron chi connectivity index (χ1n) is 9.93. The van der Waals surface area contributed by atoms with Crippen molar-refractivity contribution in [3.05, 3.63) is 100 Å². The molecule has 9 heteroatoms. The molecule has 1 aromatic heterocycles. The van der Waals surface area contributed by atoms with Gasteiger partial charge in [-0.15, -0.1) is 0 Å². The molecule has 0 spiro atoms. The lowest BCUT2D eigenvalue weighted by Crippen LogP contribution is -2.07. The highest BCUT2D eigenvalue weighted by Gasteiger charge is 2.23. The summed E-state index contributed by atoms with van der Waals surface area (Å²) in [6, 6.07) is 18.3. The minimum Gasteiger partial charge on any atom is -0.324 e.